The predicted octanol–water partition coefficient (Wildman–Crippen LogP) is 5.90. The van der Waals surface area contributed by atoms with Crippen LogP contribution in [0.25, 0.3) is 22.2 Å². The van der Waals surface area contributed by atoms with E-state index in [0.29, 0.717) is 13.0 Å². The number of likely N-dealkylation sites (N-methyl/N-ethyl adjacent to an activating group) is 1. The average Bonchev–Trinajstić information content (AvgIpc) is 3.61. The van der Waals surface area contributed by atoms with E-state index in [9.17, 15) is 27.6 Å². The zero-order valence-corrected chi connectivity index (χ0v) is 29.2. The number of anilines is 1. The van der Waals surface area contributed by atoms with Crippen LogP contribution < -0.4 is 9.64 Å². The predicted molar refractivity (Wildman–Crippen MR) is 182 cm³/mol. The van der Waals surface area contributed by atoms with Gasteiger partial charge in [0, 0.05) is 56.5 Å². The number of nitriles is 1. The summed E-state index contributed by atoms with van der Waals surface area (Å²) in [4.78, 5) is 33.7. The number of halogens is 6. The molecule has 0 spiro atoms. The van der Waals surface area contributed by atoms with Crippen LogP contribution in [0.4, 0.5) is 27.8 Å². The molecule has 0 N–H and O–H groups in total. The zero-order valence-electron chi connectivity index (χ0n) is 28.4. The summed E-state index contributed by atoms with van der Waals surface area (Å²) in [7, 11) is 3.78. The lowest BCUT2D eigenvalue weighted by molar-refractivity contribution is -0.137. The Morgan fingerprint density at radius 2 is 2.02 bits per heavy atom. The molecule has 6 rings (SSSR count). The number of piperazine rings is 1. The smallest absolute Gasteiger partial charge is 0.418 e. The largest absolute Gasteiger partial charge is 0.461 e. The van der Waals surface area contributed by atoms with Crippen LogP contribution in [0.5, 0.6) is 6.01 Å². The minimum Gasteiger partial charge on any atom is -0.461 e. The van der Waals surface area contributed by atoms with Crippen molar-refractivity contribution in [1.82, 2.24) is 29.7 Å². The molecule has 5 heterocycles. The first-order valence-corrected chi connectivity index (χ1v) is 17.1. The first kappa shape index (κ1) is 36.7. The van der Waals surface area contributed by atoms with Crippen LogP contribution in [0.3, 0.4) is 0 Å². The number of benzene rings is 1. The molecule has 10 nitrogen and oxygen atoms in total. The van der Waals surface area contributed by atoms with Crippen molar-refractivity contribution in [3.05, 3.63) is 53.0 Å². The highest BCUT2D eigenvalue weighted by Gasteiger charge is 2.49. The summed E-state index contributed by atoms with van der Waals surface area (Å²) in [5.74, 6) is -1.22. The normalized spacial score (nSPS) is 23.3. The lowest BCUT2D eigenvalue weighted by Gasteiger charge is -2.41. The van der Waals surface area contributed by atoms with Crippen LogP contribution in [-0.4, -0.2) is 113 Å². The minimum atomic E-state index is -4.91. The Balaban J connectivity index is 1.40. The molecule has 4 atom stereocenters. The Kier molecular flexibility index (Phi) is 10.4. The third kappa shape index (κ3) is 7.31. The van der Waals surface area contributed by atoms with Crippen LogP contribution >= 0.6 is 11.6 Å². The van der Waals surface area contributed by atoms with Crippen LogP contribution in [0.15, 0.2) is 36.5 Å². The quantitative estimate of drug-likeness (QED) is 0.197. The standard InChI is InChI=1S/C35H38ClF5N8O2/c1-21(46(2)3)8-9-27(50)49-15-14-47(19-23(49)10-12-42)32-25-17-43-30(24-6-4-7-26(36)28(24)35(39,40)41)29(38)31(25)44-33(45-32)51-20-34-11-5-13-48(34)18-22(37)16-34/h4,6-9,17,21-23H,5,10-11,13-16,18-20H2,1-3H3/b9-8+/t21-,22+,23-,34-/m0/s1. The maximum Gasteiger partial charge on any atom is 0.418 e. The lowest BCUT2D eigenvalue weighted by atomic mass is 9.95. The Bertz CT molecular complexity index is 1870. The fraction of sp³-hybridized carbons (Fsp3) is 0.514. The van der Waals surface area contributed by atoms with E-state index in [1.54, 1.807) is 15.9 Å². The first-order valence-electron chi connectivity index (χ1n) is 16.7. The van der Waals surface area contributed by atoms with Crippen LogP contribution in [0.2, 0.25) is 5.02 Å². The third-order valence-electron chi connectivity index (χ3n) is 10.2. The Labute approximate surface area is 297 Å². The monoisotopic (exact) mass is 732 g/mol. The highest BCUT2D eigenvalue weighted by Crippen LogP contribution is 2.43. The minimum absolute atomic E-state index is 0.000183. The number of pyridine rings is 1. The number of aromatic nitrogens is 3. The van der Waals surface area contributed by atoms with E-state index >= 15 is 4.39 Å². The number of ether oxygens (including phenoxy) is 1. The molecule has 2 aromatic heterocycles. The summed E-state index contributed by atoms with van der Waals surface area (Å²) >= 11 is 5.96. The molecule has 1 amide bonds. The molecule has 16 heteroatoms. The van der Waals surface area contributed by atoms with Gasteiger partial charge in [-0.2, -0.15) is 28.4 Å². The van der Waals surface area contributed by atoms with E-state index in [-0.39, 0.29) is 80.3 Å². The number of carbonyl (C=O) groups excluding carboxylic acids is 1. The Hall–Kier alpha value is -4.13. The number of hydrogen-bond donors (Lipinski definition) is 0. The van der Waals surface area contributed by atoms with E-state index in [4.69, 9.17) is 16.3 Å². The van der Waals surface area contributed by atoms with Gasteiger partial charge in [0.2, 0.25) is 5.91 Å². The van der Waals surface area contributed by atoms with Crippen molar-refractivity contribution in [1.29, 1.82) is 5.26 Å². The van der Waals surface area contributed by atoms with E-state index in [2.05, 4.69) is 21.0 Å². The topological polar surface area (TPSA) is 102 Å². The van der Waals surface area contributed by atoms with Crippen molar-refractivity contribution < 1.29 is 31.5 Å². The van der Waals surface area contributed by atoms with Crippen LogP contribution in [0.1, 0.15) is 38.2 Å². The Morgan fingerprint density at radius 3 is 2.75 bits per heavy atom. The highest BCUT2D eigenvalue weighted by atomic mass is 35.5. The second-order valence-electron chi connectivity index (χ2n) is 13.6. The molecule has 272 valence electrons. The maximum absolute atomic E-state index is 16.6. The molecule has 0 unspecified atom stereocenters. The summed E-state index contributed by atoms with van der Waals surface area (Å²) in [6.07, 6.45) is 0.351. The zero-order chi connectivity index (χ0) is 36.7. The molecule has 0 aliphatic carbocycles. The summed E-state index contributed by atoms with van der Waals surface area (Å²) in [6.45, 7) is 3.54. The van der Waals surface area contributed by atoms with E-state index < -0.39 is 51.6 Å². The van der Waals surface area contributed by atoms with Gasteiger partial charge in [-0.3, -0.25) is 14.7 Å². The molecule has 3 fully saturated rings. The molecular formula is C35H38ClF5N8O2. The fourth-order valence-corrected chi connectivity index (χ4v) is 7.56. The average molecular weight is 733 g/mol. The van der Waals surface area contributed by atoms with Crippen molar-refractivity contribution in [2.75, 3.05) is 58.3 Å². The number of amides is 1. The van der Waals surface area contributed by atoms with Gasteiger partial charge >= 0.3 is 12.2 Å². The SMILES string of the molecule is C[C@@H](/C=C/C(=O)N1CCN(c2nc(OC[C@@]34CCCN3C[C@H](F)C4)nc3c(F)c(-c4cccc(Cl)c4C(F)(F)F)ncc23)C[C@@H]1CC#N)N(C)C. The van der Waals surface area contributed by atoms with Crippen molar-refractivity contribution in [2.24, 2.45) is 0 Å². The van der Waals surface area contributed by atoms with Crippen LogP contribution in [0, 0.1) is 17.1 Å². The molecule has 0 radical (unpaired) electrons. The summed E-state index contributed by atoms with van der Waals surface area (Å²) in [5, 5.41) is 9.15. The molecule has 3 aliphatic rings. The number of carbonyl (C=O) groups is 1. The number of hydrogen-bond acceptors (Lipinski definition) is 9. The fourth-order valence-electron chi connectivity index (χ4n) is 7.28. The molecular weight excluding hydrogens is 695 g/mol. The van der Waals surface area contributed by atoms with Crippen molar-refractivity contribution in [3.8, 4) is 23.3 Å². The molecule has 3 saturated heterocycles. The maximum atomic E-state index is 16.6. The van der Waals surface area contributed by atoms with Gasteiger partial charge in [0.15, 0.2) is 5.82 Å². The number of rotatable bonds is 9. The van der Waals surface area contributed by atoms with Crippen molar-refractivity contribution >= 4 is 34.2 Å². The second kappa shape index (κ2) is 14.5. The van der Waals surface area contributed by atoms with Gasteiger partial charge in [0.05, 0.1) is 40.0 Å². The highest BCUT2D eigenvalue weighted by molar-refractivity contribution is 6.31. The number of fused-ring (bicyclic) bond motifs is 2. The van der Waals surface area contributed by atoms with Gasteiger partial charge in [0.1, 0.15) is 29.8 Å². The van der Waals surface area contributed by atoms with Gasteiger partial charge in [-0.15, -0.1) is 0 Å². The van der Waals surface area contributed by atoms with Crippen molar-refractivity contribution in [2.45, 2.75) is 62.6 Å². The van der Waals surface area contributed by atoms with E-state index in [0.717, 1.165) is 18.6 Å². The molecule has 3 aliphatic heterocycles. The van der Waals surface area contributed by atoms with Gasteiger partial charge in [-0.25, -0.2) is 8.78 Å². The summed E-state index contributed by atoms with van der Waals surface area (Å²) in [6, 6.07) is 4.76. The number of alkyl halides is 4. The van der Waals surface area contributed by atoms with Crippen molar-refractivity contribution in [3.63, 3.8) is 0 Å². The van der Waals surface area contributed by atoms with E-state index in [1.807, 2.05) is 30.8 Å². The lowest BCUT2D eigenvalue weighted by Crippen LogP contribution is -2.55. The molecule has 51 heavy (non-hydrogen) atoms. The van der Waals surface area contributed by atoms with Gasteiger partial charge in [-0.05, 0) is 46.5 Å². The van der Waals surface area contributed by atoms with Gasteiger partial charge < -0.3 is 19.4 Å². The Morgan fingerprint density at radius 1 is 1.24 bits per heavy atom. The summed E-state index contributed by atoms with van der Waals surface area (Å²) < 4.78 is 79.6. The first-order chi connectivity index (χ1) is 24.2. The second-order valence-corrected chi connectivity index (χ2v) is 14.0. The molecule has 3 aromatic rings. The molecule has 0 bridgehead atoms. The number of nitrogens with zero attached hydrogens (tertiary/aromatic N) is 8. The summed E-state index contributed by atoms with van der Waals surface area (Å²) in [5.41, 5.74) is -3.32. The molecule has 1 aromatic carbocycles. The van der Waals surface area contributed by atoms with Gasteiger partial charge in [0.25, 0.3) is 0 Å². The molecule has 0 saturated carbocycles. The van der Waals surface area contributed by atoms with Crippen LogP contribution in [-0.2, 0) is 11.0 Å². The van der Waals surface area contributed by atoms with Gasteiger partial charge in [-0.1, -0.05) is 29.8 Å². The third-order valence-corrected chi connectivity index (χ3v) is 10.5. The van der Waals surface area contributed by atoms with E-state index in [1.165, 1.54) is 18.3 Å².